The summed E-state index contributed by atoms with van der Waals surface area (Å²) in [6.07, 6.45) is 11.3. The number of hydrogen-bond acceptors (Lipinski definition) is 11. The van der Waals surface area contributed by atoms with Crippen LogP contribution in [0.15, 0.2) is 145 Å². The van der Waals surface area contributed by atoms with Gasteiger partial charge in [-0.1, -0.05) is 47.2 Å². The first kappa shape index (κ1) is 40.5. The van der Waals surface area contributed by atoms with Crippen LogP contribution in [0.3, 0.4) is 0 Å². The SMILES string of the molecule is O=C(CCSSc1ccccn1)NCCCCOc1cc(CN(Cc2ccccn2)Cc2ccccn2)cc(CN(Cc2ccccn2)Cc2ccccn2)c1. The van der Waals surface area contributed by atoms with Crippen LogP contribution in [0.5, 0.6) is 5.75 Å². The smallest absolute Gasteiger partial charge is 0.220 e. The molecule has 0 bridgehead atoms. The third-order valence-electron chi connectivity index (χ3n) is 8.64. The van der Waals surface area contributed by atoms with Gasteiger partial charge >= 0.3 is 0 Å². The van der Waals surface area contributed by atoms with Gasteiger partial charge < -0.3 is 10.1 Å². The molecule has 0 aliphatic carbocycles. The van der Waals surface area contributed by atoms with Gasteiger partial charge in [-0.25, -0.2) is 4.98 Å². The fourth-order valence-electron chi connectivity index (χ4n) is 6.10. The van der Waals surface area contributed by atoms with E-state index in [1.807, 2.05) is 91.5 Å². The van der Waals surface area contributed by atoms with Crippen molar-refractivity contribution in [2.24, 2.45) is 0 Å². The number of unbranched alkanes of at least 4 members (excludes halogenated alkanes) is 1. The van der Waals surface area contributed by atoms with E-state index in [0.717, 1.165) is 63.3 Å². The summed E-state index contributed by atoms with van der Waals surface area (Å²) in [6, 6.07) is 36.6. The number of ether oxygens (including phenoxy) is 1. The van der Waals surface area contributed by atoms with Crippen LogP contribution in [-0.2, 0) is 44.1 Å². The lowest BCUT2D eigenvalue weighted by molar-refractivity contribution is -0.120. The number of amides is 1. The molecule has 12 heteroatoms. The van der Waals surface area contributed by atoms with E-state index >= 15 is 0 Å². The summed E-state index contributed by atoms with van der Waals surface area (Å²) < 4.78 is 6.44. The largest absolute Gasteiger partial charge is 0.494 e. The van der Waals surface area contributed by atoms with Crippen molar-refractivity contribution >= 4 is 27.5 Å². The number of pyridine rings is 5. The van der Waals surface area contributed by atoms with Crippen LogP contribution in [0.1, 0.15) is 53.2 Å². The standard InChI is InChI=1S/C44H48N8O2S2/c53-43(18-26-55-56-44-17-5-10-24-50-44)49-23-11-12-25-54-42-28-36(30-51(32-38-13-1-6-19-45-38)33-39-14-2-7-20-46-39)27-37(29-42)31-52(34-40-15-3-8-21-47-40)35-41-16-4-9-22-48-41/h1-10,13-17,19-22,24,27-29H,11-12,18,23,25-26,30-35H2,(H,49,53). The van der Waals surface area contributed by atoms with Gasteiger partial charge in [-0.15, -0.1) is 0 Å². The summed E-state index contributed by atoms with van der Waals surface area (Å²) in [5, 5.41) is 4.01. The molecule has 6 aromatic rings. The van der Waals surface area contributed by atoms with Crippen molar-refractivity contribution < 1.29 is 9.53 Å². The average molecular weight is 785 g/mol. The first-order valence-electron chi connectivity index (χ1n) is 18.9. The van der Waals surface area contributed by atoms with Crippen LogP contribution in [-0.4, -0.2) is 59.5 Å². The van der Waals surface area contributed by atoms with Crippen molar-refractivity contribution in [3.8, 4) is 5.75 Å². The van der Waals surface area contributed by atoms with Crippen LogP contribution < -0.4 is 10.1 Å². The summed E-state index contributed by atoms with van der Waals surface area (Å²) in [5.41, 5.74) is 6.30. The Kier molecular flexibility index (Phi) is 16.7. The molecule has 0 unspecified atom stereocenters. The Morgan fingerprint density at radius 2 is 1.05 bits per heavy atom. The van der Waals surface area contributed by atoms with E-state index in [2.05, 4.69) is 82.5 Å². The quantitative estimate of drug-likeness (QED) is 0.0502. The number of carbonyl (C=O) groups is 1. The highest BCUT2D eigenvalue weighted by Gasteiger charge is 2.15. The van der Waals surface area contributed by atoms with Gasteiger partial charge in [0.25, 0.3) is 0 Å². The summed E-state index contributed by atoms with van der Waals surface area (Å²) in [6.45, 7) is 5.25. The Balaban J connectivity index is 1.11. The molecule has 56 heavy (non-hydrogen) atoms. The maximum absolute atomic E-state index is 12.4. The van der Waals surface area contributed by atoms with E-state index in [-0.39, 0.29) is 5.91 Å². The van der Waals surface area contributed by atoms with Gasteiger partial charge in [-0.2, -0.15) is 0 Å². The molecule has 0 atom stereocenters. The molecule has 5 aromatic heterocycles. The van der Waals surface area contributed by atoms with Gasteiger partial charge in [0.1, 0.15) is 10.8 Å². The molecule has 0 spiro atoms. The first-order chi connectivity index (χ1) is 27.6. The maximum Gasteiger partial charge on any atom is 0.220 e. The Labute approximate surface area is 338 Å². The van der Waals surface area contributed by atoms with Crippen molar-refractivity contribution in [2.75, 3.05) is 18.9 Å². The van der Waals surface area contributed by atoms with Crippen LogP contribution in [0, 0.1) is 0 Å². The van der Waals surface area contributed by atoms with E-state index in [1.54, 1.807) is 27.8 Å². The normalized spacial score (nSPS) is 11.2. The fourth-order valence-corrected chi connectivity index (χ4v) is 7.96. The van der Waals surface area contributed by atoms with Crippen LogP contribution >= 0.6 is 21.6 Å². The lowest BCUT2D eigenvalue weighted by Gasteiger charge is -2.25. The second-order valence-electron chi connectivity index (χ2n) is 13.3. The number of nitrogens with zero attached hydrogens (tertiary/aromatic N) is 7. The second-order valence-corrected chi connectivity index (χ2v) is 15.7. The van der Waals surface area contributed by atoms with E-state index in [1.165, 1.54) is 0 Å². The number of hydrogen-bond donors (Lipinski definition) is 1. The van der Waals surface area contributed by atoms with Gasteiger partial charge in [-0.05, 0) is 108 Å². The lowest BCUT2D eigenvalue weighted by Crippen LogP contribution is -2.25. The van der Waals surface area contributed by atoms with Crippen molar-refractivity contribution in [3.63, 3.8) is 0 Å². The molecule has 1 N–H and O–H groups in total. The summed E-state index contributed by atoms with van der Waals surface area (Å²) in [5.74, 6) is 1.63. The van der Waals surface area contributed by atoms with Crippen LogP contribution in [0.2, 0.25) is 0 Å². The lowest BCUT2D eigenvalue weighted by atomic mass is 10.1. The summed E-state index contributed by atoms with van der Waals surface area (Å²) in [7, 11) is 3.24. The summed E-state index contributed by atoms with van der Waals surface area (Å²) in [4.78, 5) is 40.0. The third kappa shape index (κ3) is 14.8. The highest BCUT2D eigenvalue weighted by molar-refractivity contribution is 8.76. The Hall–Kier alpha value is -5.14. The van der Waals surface area contributed by atoms with Gasteiger partial charge in [-0.3, -0.25) is 34.5 Å². The van der Waals surface area contributed by atoms with E-state index in [4.69, 9.17) is 4.74 Å². The predicted molar refractivity (Wildman–Crippen MR) is 224 cm³/mol. The molecule has 6 rings (SSSR count). The summed E-state index contributed by atoms with van der Waals surface area (Å²) >= 11 is 0. The molecular formula is C44H48N8O2S2. The number of benzene rings is 1. The zero-order chi connectivity index (χ0) is 38.5. The van der Waals surface area contributed by atoms with Crippen LogP contribution in [0.4, 0.5) is 0 Å². The Morgan fingerprint density at radius 3 is 1.50 bits per heavy atom. The number of rotatable bonds is 23. The van der Waals surface area contributed by atoms with Crippen molar-refractivity contribution in [2.45, 2.75) is 63.6 Å². The number of carbonyl (C=O) groups excluding carboxylic acids is 1. The molecule has 1 aromatic carbocycles. The minimum atomic E-state index is 0.0688. The van der Waals surface area contributed by atoms with Gasteiger partial charge in [0.05, 0.1) is 29.4 Å². The molecule has 5 heterocycles. The minimum absolute atomic E-state index is 0.0688. The molecular weight excluding hydrogens is 737 g/mol. The monoisotopic (exact) mass is 784 g/mol. The van der Waals surface area contributed by atoms with E-state index < -0.39 is 0 Å². The minimum Gasteiger partial charge on any atom is -0.494 e. The van der Waals surface area contributed by atoms with Gasteiger partial charge in [0.2, 0.25) is 5.91 Å². The first-order valence-corrected chi connectivity index (χ1v) is 21.2. The number of aromatic nitrogens is 5. The highest BCUT2D eigenvalue weighted by atomic mass is 33.1. The fraction of sp³-hybridized carbons (Fsp3) is 0.273. The average Bonchev–Trinajstić information content (AvgIpc) is 3.22. The topological polar surface area (TPSA) is 109 Å². The molecule has 288 valence electrons. The van der Waals surface area contributed by atoms with Crippen molar-refractivity contribution in [3.05, 3.63) is 174 Å². The molecule has 0 aliphatic rings. The Morgan fingerprint density at radius 1 is 0.571 bits per heavy atom. The molecule has 0 radical (unpaired) electrons. The van der Waals surface area contributed by atoms with E-state index in [0.29, 0.717) is 58.8 Å². The number of nitrogens with one attached hydrogen (secondary N) is 1. The Bertz CT molecular complexity index is 1810. The predicted octanol–water partition coefficient (Wildman–Crippen LogP) is 8.17. The van der Waals surface area contributed by atoms with Gasteiger partial charge in [0, 0.05) is 89.0 Å². The molecule has 0 fully saturated rings. The second kappa shape index (κ2) is 23.1. The maximum atomic E-state index is 12.4. The van der Waals surface area contributed by atoms with Crippen molar-refractivity contribution in [1.82, 2.24) is 40.0 Å². The van der Waals surface area contributed by atoms with Crippen molar-refractivity contribution in [1.29, 1.82) is 0 Å². The zero-order valence-corrected chi connectivity index (χ0v) is 33.2. The zero-order valence-electron chi connectivity index (χ0n) is 31.5. The molecule has 10 nitrogen and oxygen atoms in total. The third-order valence-corrected chi connectivity index (χ3v) is 10.9. The molecule has 0 aliphatic heterocycles. The molecule has 0 saturated carbocycles. The molecule has 0 saturated heterocycles. The van der Waals surface area contributed by atoms with Crippen LogP contribution in [0.25, 0.3) is 0 Å². The van der Waals surface area contributed by atoms with Gasteiger partial charge in [0.15, 0.2) is 0 Å². The van der Waals surface area contributed by atoms with E-state index in [9.17, 15) is 4.79 Å². The highest BCUT2D eigenvalue weighted by Crippen LogP contribution is 2.29. The molecule has 1 amide bonds.